The van der Waals surface area contributed by atoms with Crippen molar-refractivity contribution < 1.29 is 28.5 Å². The largest absolute Gasteiger partial charge is 0.493 e. The lowest BCUT2D eigenvalue weighted by Crippen LogP contribution is -2.30. The summed E-state index contributed by atoms with van der Waals surface area (Å²) in [6.45, 7) is 2.58. The van der Waals surface area contributed by atoms with Gasteiger partial charge in [-0.2, -0.15) is 0 Å². The van der Waals surface area contributed by atoms with Gasteiger partial charge in [-0.15, -0.1) is 0 Å². The molecular weight excluding hydrogens is 414 g/mol. The first kappa shape index (κ1) is 22.9. The second kappa shape index (κ2) is 9.59. The lowest BCUT2D eigenvalue weighted by Gasteiger charge is -2.18. The van der Waals surface area contributed by atoms with Crippen LogP contribution in [0.5, 0.6) is 23.0 Å². The molecule has 0 atom stereocenters. The second-order valence-corrected chi connectivity index (χ2v) is 7.06. The average molecular weight is 441 g/mol. The van der Waals surface area contributed by atoms with E-state index in [0.29, 0.717) is 52.8 Å². The van der Waals surface area contributed by atoms with Gasteiger partial charge < -0.3 is 29.2 Å². The molecule has 0 radical (unpaired) electrons. The van der Waals surface area contributed by atoms with Crippen LogP contribution in [0.25, 0.3) is 0 Å². The third kappa shape index (κ3) is 4.18. The highest BCUT2D eigenvalue weighted by atomic mass is 16.5. The summed E-state index contributed by atoms with van der Waals surface area (Å²) < 4.78 is 21.6. The SMILES string of the molecule is CCOc1cc2c(cc1C(=O)NC)C(=N)N(CC(=O)c1cc(OC)c(OC)c(OC)c1)C2. The number of ketones is 1. The molecule has 2 N–H and O–H groups in total. The molecule has 0 fully saturated rings. The minimum Gasteiger partial charge on any atom is -0.493 e. The molecule has 1 heterocycles. The van der Waals surface area contributed by atoms with E-state index in [2.05, 4.69) is 5.32 Å². The van der Waals surface area contributed by atoms with Gasteiger partial charge in [0, 0.05) is 24.7 Å². The molecule has 9 nitrogen and oxygen atoms in total. The molecule has 1 amide bonds. The fourth-order valence-electron chi connectivity index (χ4n) is 3.66. The number of fused-ring (bicyclic) bond motifs is 1. The number of hydrogen-bond donors (Lipinski definition) is 2. The van der Waals surface area contributed by atoms with Crippen LogP contribution in [0, 0.1) is 5.41 Å². The summed E-state index contributed by atoms with van der Waals surface area (Å²) in [7, 11) is 6.00. The zero-order chi connectivity index (χ0) is 23.4. The number of amidine groups is 1. The molecular formula is C23H27N3O6. The van der Waals surface area contributed by atoms with Crippen molar-refractivity contribution in [1.29, 1.82) is 5.41 Å². The third-order valence-corrected chi connectivity index (χ3v) is 5.23. The normalized spacial score (nSPS) is 12.3. The van der Waals surface area contributed by atoms with E-state index < -0.39 is 0 Å². The van der Waals surface area contributed by atoms with E-state index in [1.54, 1.807) is 36.2 Å². The van der Waals surface area contributed by atoms with Crippen LogP contribution in [-0.4, -0.2) is 64.0 Å². The second-order valence-electron chi connectivity index (χ2n) is 7.06. The van der Waals surface area contributed by atoms with Gasteiger partial charge in [-0.1, -0.05) is 0 Å². The van der Waals surface area contributed by atoms with Crippen LogP contribution in [0.2, 0.25) is 0 Å². The Morgan fingerprint density at radius 2 is 1.69 bits per heavy atom. The average Bonchev–Trinajstić information content (AvgIpc) is 3.11. The van der Waals surface area contributed by atoms with Crippen molar-refractivity contribution in [3.8, 4) is 23.0 Å². The highest BCUT2D eigenvalue weighted by molar-refractivity contribution is 6.07. The summed E-state index contributed by atoms with van der Waals surface area (Å²) >= 11 is 0. The summed E-state index contributed by atoms with van der Waals surface area (Å²) in [6.07, 6.45) is 0. The Bertz CT molecular complexity index is 1040. The molecule has 2 aromatic rings. The Morgan fingerprint density at radius 3 is 2.22 bits per heavy atom. The van der Waals surface area contributed by atoms with Gasteiger partial charge in [-0.25, -0.2) is 0 Å². The summed E-state index contributed by atoms with van der Waals surface area (Å²) in [5.74, 6) is 1.29. The zero-order valence-electron chi connectivity index (χ0n) is 18.8. The third-order valence-electron chi connectivity index (χ3n) is 5.23. The molecule has 0 saturated heterocycles. The van der Waals surface area contributed by atoms with Gasteiger partial charge in [0.05, 0.1) is 40.0 Å². The van der Waals surface area contributed by atoms with E-state index in [1.165, 1.54) is 21.3 Å². The topological polar surface area (TPSA) is 110 Å². The molecule has 0 aliphatic carbocycles. The van der Waals surface area contributed by atoms with Crippen molar-refractivity contribution in [1.82, 2.24) is 10.2 Å². The van der Waals surface area contributed by atoms with Crippen molar-refractivity contribution in [2.45, 2.75) is 13.5 Å². The Morgan fingerprint density at radius 1 is 1.03 bits per heavy atom. The number of rotatable bonds is 9. The Labute approximate surface area is 186 Å². The van der Waals surface area contributed by atoms with E-state index in [9.17, 15) is 9.59 Å². The van der Waals surface area contributed by atoms with Gasteiger partial charge in [0.25, 0.3) is 5.91 Å². The molecule has 1 aliphatic rings. The standard InChI is InChI=1S/C23H27N3O6/c1-6-32-18-9-14-11-26(22(24)15(14)10-16(18)23(28)25-2)12-17(27)13-7-19(29-3)21(31-5)20(8-13)30-4/h7-10,24H,6,11-12H2,1-5H3,(H,25,28). The summed E-state index contributed by atoms with van der Waals surface area (Å²) in [4.78, 5) is 27.0. The van der Waals surface area contributed by atoms with Gasteiger partial charge in [-0.05, 0) is 36.8 Å². The molecule has 9 heteroatoms. The maximum absolute atomic E-state index is 13.0. The molecule has 0 aromatic heterocycles. The fourth-order valence-corrected chi connectivity index (χ4v) is 3.66. The number of Topliss-reactive ketones (excluding diaryl/α,β-unsaturated/α-hetero) is 1. The number of methoxy groups -OCH3 is 3. The van der Waals surface area contributed by atoms with E-state index in [1.807, 2.05) is 6.92 Å². The summed E-state index contributed by atoms with van der Waals surface area (Å²) in [5, 5.41) is 11.2. The molecule has 0 unspecified atom stereocenters. The maximum atomic E-state index is 13.0. The number of hydrogen-bond acceptors (Lipinski definition) is 7. The summed E-state index contributed by atoms with van der Waals surface area (Å²) in [5.41, 5.74) is 2.16. The van der Waals surface area contributed by atoms with Crippen LogP contribution in [0.15, 0.2) is 24.3 Å². The Balaban J connectivity index is 1.88. The van der Waals surface area contributed by atoms with Crippen molar-refractivity contribution in [2.24, 2.45) is 0 Å². The van der Waals surface area contributed by atoms with Gasteiger partial charge in [0.2, 0.25) is 5.75 Å². The number of ether oxygens (including phenoxy) is 4. The van der Waals surface area contributed by atoms with Gasteiger partial charge in [0.1, 0.15) is 11.6 Å². The van der Waals surface area contributed by atoms with Crippen LogP contribution in [0.1, 0.15) is 38.8 Å². The van der Waals surface area contributed by atoms with Crippen molar-refractivity contribution in [3.05, 3.63) is 46.5 Å². The lowest BCUT2D eigenvalue weighted by molar-refractivity contribution is 0.0952. The quantitative estimate of drug-likeness (QED) is 0.575. The minimum absolute atomic E-state index is 0.0224. The van der Waals surface area contributed by atoms with Crippen LogP contribution < -0.4 is 24.3 Å². The van der Waals surface area contributed by atoms with Gasteiger partial charge >= 0.3 is 0 Å². The summed E-state index contributed by atoms with van der Waals surface area (Å²) in [6, 6.07) is 6.59. The number of nitrogens with zero attached hydrogens (tertiary/aromatic N) is 1. The lowest BCUT2D eigenvalue weighted by atomic mass is 10.0. The number of carbonyl (C=O) groups excluding carboxylic acids is 2. The molecule has 1 aliphatic heterocycles. The fraction of sp³-hybridized carbons (Fsp3) is 0.348. The number of amides is 1. The van der Waals surface area contributed by atoms with E-state index in [0.717, 1.165) is 5.56 Å². The minimum atomic E-state index is -0.295. The van der Waals surface area contributed by atoms with Crippen LogP contribution in [0.3, 0.4) is 0 Å². The highest BCUT2D eigenvalue weighted by Gasteiger charge is 2.29. The van der Waals surface area contributed by atoms with E-state index >= 15 is 0 Å². The van der Waals surface area contributed by atoms with Crippen molar-refractivity contribution in [3.63, 3.8) is 0 Å². The number of nitrogens with one attached hydrogen (secondary N) is 2. The highest BCUT2D eigenvalue weighted by Crippen LogP contribution is 2.38. The first-order valence-corrected chi connectivity index (χ1v) is 10.1. The molecule has 0 saturated carbocycles. The molecule has 2 aromatic carbocycles. The van der Waals surface area contributed by atoms with E-state index in [-0.39, 0.29) is 24.1 Å². The van der Waals surface area contributed by atoms with Crippen molar-refractivity contribution in [2.75, 3.05) is 41.5 Å². The van der Waals surface area contributed by atoms with Gasteiger partial charge in [0.15, 0.2) is 17.3 Å². The number of benzene rings is 2. The van der Waals surface area contributed by atoms with E-state index in [4.69, 9.17) is 24.4 Å². The first-order valence-electron chi connectivity index (χ1n) is 10.1. The van der Waals surface area contributed by atoms with Crippen LogP contribution >= 0.6 is 0 Å². The predicted molar refractivity (Wildman–Crippen MR) is 119 cm³/mol. The first-order chi connectivity index (χ1) is 15.4. The zero-order valence-corrected chi connectivity index (χ0v) is 18.8. The molecule has 3 rings (SSSR count). The van der Waals surface area contributed by atoms with Crippen LogP contribution in [-0.2, 0) is 6.54 Å². The molecule has 0 spiro atoms. The Hall–Kier alpha value is -3.75. The molecule has 0 bridgehead atoms. The Kier molecular flexibility index (Phi) is 6.87. The predicted octanol–water partition coefficient (Wildman–Crippen LogP) is 2.49. The van der Waals surface area contributed by atoms with Crippen molar-refractivity contribution >= 4 is 17.5 Å². The van der Waals surface area contributed by atoms with Crippen LogP contribution in [0.4, 0.5) is 0 Å². The monoisotopic (exact) mass is 441 g/mol. The van der Waals surface area contributed by atoms with Gasteiger partial charge in [-0.3, -0.25) is 15.0 Å². The number of carbonyl (C=O) groups is 2. The smallest absolute Gasteiger partial charge is 0.254 e. The maximum Gasteiger partial charge on any atom is 0.254 e. The molecule has 32 heavy (non-hydrogen) atoms. The molecule has 170 valence electrons.